The van der Waals surface area contributed by atoms with Gasteiger partial charge in [0.1, 0.15) is 17.2 Å². The first-order valence-corrected chi connectivity index (χ1v) is 15.0. The molecule has 0 atom stereocenters. The van der Waals surface area contributed by atoms with Crippen LogP contribution < -0.4 is 10.2 Å². The highest BCUT2D eigenvalue weighted by Gasteiger charge is 2.31. The molecule has 0 radical (unpaired) electrons. The van der Waals surface area contributed by atoms with E-state index in [9.17, 15) is 4.79 Å². The fourth-order valence-electron chi connectivity index (χ4n) is 6.28. The van der Waals surface area contributed by atoms with Crippen molar-refractivity contribution < 1.29 is 18.0 Å². The van der Waals surface area contributed by atoms with Gasteiger partial charge in [0.15, 0.2) is 5.58 Å². The minimum Gasteiger partial charge on any atom is -0.423 e. The van der Waals surface area contributed by atoms with E-state index < -0.39 is 11.6 Å². The van der Waals surface area contributed by atoms with Crippen LogP contribution in [-0.2, 0) is 11.3 Å². The van der Waals surface area contributed by atoms with Crippen LogP contribution in [-0.4, -0.2) is 84.5 Å². The number of aryl methyl sites for hydroxylation is 1. The molecule has 0 spiro atoms. The zero-order valence-electron chi connectivity index (χ0n) is 24.6. The number of nitrogens with one attached hydrogen (secondary N) is 1. The number of benzene rings is 3. The van der Waals surface area contributed by atoms with Crippen LogP contribution in [0.1, 0.15) is 24.0 Å². The average Bonchev–Trinajstić information content (AvgIpc) is 3.76. The monoisotopic (exact) mass is 586 g/mol. The molecule has 0 unspecified atom stereocenters. The number of carbonyl (C=O) groups is 1. The summed E-state index contributed by atoms with van der Waals surface area (Å²) in [6.07, 6.45) is 2.69. The number of fused-ring (bicyclic) bond motifs is 1. The predicted octanol–water partition coefficient (Wildman–Crippen LogP) is 5.38. The summed E-state index contributed by atoms with van der Waals surface area (Å²) in [6.45, 7) is 7.70. The Labute approximate surface area is 249 Å². The van der Waals surface area contributed by atoms with E-state index in [1.807, 2.05) is 12.1 Å². The van der Waals surface area contributed by atoms with Crippen LogP contribution in [0.4, 0.5) is 26.2 Å². The number of carbonyl (C=O) groups excluding carboxylic acids is 1. The van der Waals surface area contributed by atoms with Crippen molar-refractivity contribution in [3.05, 3.63) is 71.3 Å². The molecule has 1 aromatic heterocycles. The van der Waals surface area contributed by atoms with Crippen molar-refractivity contribution in [1.82, 2.24) is 19.7 Å². The average molecular weight is 587 g/mol. The second-order valence-corrected chi connectivity index (χ2v) is 12.0. The van der Waals surface area contributed by atoms with Gasteiger partial charge in [-0.2, -0.15) is 4.98 Å². The summed E-state index contributed by atoms with van der Waals surface area (Å²) in [5.74, 6) is -1.36. The minimum absolute atomic E-state index is 0.0347. The number of amides is 1. The van der Waals surface area contributed by atoms with Gasteiger partial charge in [-0.15, -0.1) is 0 Å². The molecule has 8 nitrogen and oxygen atoms in total. The number of oxazole rings is 1. The van der Waals surface area contributed by atoms with E-state index in [-0.39, 0.29) is 24.6 Å². The lowest BCUT2D eigenvalue weighted by Crippen LogP contribution is -2.48. The Bertz CT molecular complexity index is 1650. The van der Waals surface area contributed by atoms with Crippen LogP contribution in [0.2, 0.25) is 0 Å². The van der Waals surface area contributed by atoms with Gasteiger partial charge in [-0.1, -0.05) is 12.1 Å². The molecule has 0 bridgehead atoms. The Morgan fingerprint density at radius 2 is 1.74 bits per heavy atom. The topological polar surface area (TPSA) is 68.1 Å². The number of nitrogens with zero attached hydrogens (tertiary/aromatic N) is 5. The van der Waals surface area contributed by atoms with Gasteiger partial charge in [-0.25, -0.2) is 8.78 Å². The van der Waals surface area contributed by atoms with E-state index in [2.05, 4.69) is 39.2 Å². The summed E-state index contributed by atoms with van der Waals surface area (Å²) in [5, 5.41) is 3.27. The Morgan fingerprint density at radius 3 is 2.44 bits per heavy atom. The van der Waals surface area contributed by atoms with Crippen LogP contribution in [0.5, 0.6) is 0 Å². The Kier molecular flexibility index (Phi) is 7.26. The van der Waals surface area contributed by atoms with Crippen molar-refractivity contribution in [2.45, 2.75) is 32.4 Å². The number of halogens is 2. The highest BCUT2D eigenvalue weighted by atomic mass is 19.1. The molecule has 3 aliphatic rings. The first-order valence-electron chi connectivity index (χ1n) is 15.0. The van der Waals surface area contributed by atoms with Gasteiger partial charge < -0.3 is 19.5 Å². The molecule has 1 saturated carbocycles. The predicted molar refractivity (Wildman–Crippen MR) is 164 cm³/mol. The second kappa shape index (κ2) is 11.2. The molecule has 1 N–H and O–H groups in total. The summed E-state index contributed by atoms with van der Waals surface area (Å²) in [4.78, 5) is 25.1. The normalized spacial score (nSPS) is 18.6. The van der Waals surface area contributed by atoms with Crippen molar-refractivity contribution in [2.24, 2.45) is 0 Å². The Hall–Kier alpha value is -4.02. The van der Waals surface area contributed by atoms with Crippen molar-refractivity contribution in [3.8, 4) is 11.1 Å². The quantitative estimate of drug-likeness (QED) is 0.312. The third kappa shape index (κ3) is 5.69. The molecule has 3 aromatic carbocycles. The molecule has 3 fully saturated rings. The van der Waals surface area contributed by atoms with Gasteiger partial charge in [-0.05, 0) is 67.3 Å². The zero-order valence-corrected chi connectivity index (χ0v) is 24.6. The van der Waals surface area contributed by atoms with Crippen LogP contribution in [0.25, 0.3) is 22.2 Å². The molecule has 2 aliphatic heterocycles. The SMILES string of the molecule is Cc1cc(Nc2nc3cccc(-c4cc(F)c(CN5CCN(C)C(=O)C5)c(F)c4)c3o2)ccc1N1CCN(C2CC2)CC1. The first kappa shape index (κ1) is 27.8. The standard InChI is InChI=1S/C33H36F2N6O2/c1-21-16-23(6-9-30(21)41-14-12-40(13-15-41)24-7-8-24)36-33-37-29-5-3-4-25(32(29)43-33)22-17-27(34)26(28(35)18-22)19-39-11-10-38(2)31(42)20-39/h3-6,9,16-18,24H,7-8,10-15,19-20H2,1-2H3,(H,36,37). The molecule has 3 heterocycles. The fraction of sp³-hybridized carbons (Fsp3) is 0.394. The van der Waals surface area contributed by atoms with Crippen molar-refractivity contribution in [1.29, 1.82) is 0 Å². The van der Waals surface area contributed by atoms with Gasteiger partial charge in [0.25, 0.3) is 6.01 Å². The molecule has 7 rings (SSSR count). The van der Waals surface area contributed by atoms with E-state index >= 15 is 8.78 Å². The lowest BCUT2D eigenvalue weighted by atomic mass is 10.0. The number of hydrogen-bond acceptors (Lipinski definition) is 7. The highest BCUT2D eigenvalue weighted by molar-refractivity contribution is 5.91. The number of para-hydroxylation sites is 1. The highest BCUT2D eigenvalue weighted by Crippen LogP contribution is 2.35. The van der Waals surface area contributed by atoms with E-state index in [0.29, 0.717) is 41.3 Å². The van der Waals surface area contributed by atoms with E-state index in [1.54, 1.807) is 29.0 Å². The van der Waals surface area contributed by atoms with Gasteiger partial charge >= 0.3 is 0 Å². The lowest BCUT2D eigenvalue weighted by Gasteiger charge is -2.37. The third-order valence-corrected chi connectivity index (χ3v) is 8.95. The summed E-state index contributed by atoms with van der Waals surface area (Å²) >= 11 is 0. The lowest BCUT2D eigenvalue weighted by molar-refractivity contribution is -0.134. The third-order valence-electron chi connectivity index (χ3n) is 8.95. The van der Waals surface area contributed by atoms with Crippen molar-refractivity contribution in [3.63, 3.8) is 0 Å². The number of aromatic nitrogens is 1. The summed E-state index contributed by atoms with van der Waals surface area (Å²) in [6, 6.07) is 15.4. The molecule has 224 valence electrons. The van der Waals surface area contributed by atoms with Gasteiger partial charge in [0.05, 0.1) is 6.54 Å². The van der Waals surface area contributed by atoms with E-state index in [1.165, 1.54) is 36.2 Å². The molecule has 10 heteroatoms. The van der Waals surface area contributed by atoms with Crippen molar-refractivity contribution >= 4 is 34.4 Å². The number of anilines is 3. The molecular weight excluding hydrogens is 550 g/mol. The van der Waals surface area contributed by atoms with Gasteiger partial charge in [0, 0.05) is 81.4 Å². The Morgan fingerprint density at radius 1 is 0.977 bits per heavy atom. The van der Waals surface area contributed by atoms with Crippen molar-refractivity contribution in [2.75, 3.05) is 63.1 Å². The number of rotatable bonds is 7. The molecule has 4 aromatic rings. The van der Waals surface area contributed by atoms with Gasteiger partial charge in [-0.3, -0.25) is 14.6 Å². The minimum atomic E-state index is -0.652. The van der Waals surface area contributed by atoms with Crippen LogP contribution in [0, 0.1) is 18.6 Å². The largest absolute Gasteiger partial charge is 0.423 e. The second-order valence-electron chi connectivity index (χ2n) is 12.0. The number of likely N-dealkylation sites (N-methyl/N-ethyl adjacent to an activating group) is 1. The number of hydrogen-bond donors (Lipinski definition) is 1. The maximum atomic E-state index is 15.3. The zero-order chi connectivity index (χ0) is 29.7. The van der Waals surface area contributed by atoms with E-state index in [4.69, 9.17) is 4.42 Å². The maximum absolute atomic E-state index is 15.3. The fourth-order valence-corrected chi connectivity index (χ4v) is 6.28. The van der Waals surface area contributed by atoms with Crippen LogP contribution in [0.3, 0.4) is 0 Å². The summed E-state index contributed by atoms with van der Waals surface area (Å²) in [5.41, 5.74) is 5.18. The Balaban J connectivity index is 1.08. The summed E-state index contributed by atoms with van der Waals surface area (Å²) < 4.78 is 36.6. The maximum Gasteiger partial charge on any atom is 0.300 e. The molecule has 1 aliphatic carbocycles. The first-order chi connectivity index (χ1) is 20.8. The van der Waals surface area contributed by atoms with Gasteiger partial charge in [0.2, 0.25) is 5.91 Å². The number of piperazine rings is 2. The van der Waals surface area contributed by atoms with Crippen LogP contribution in [0.15, 0.2) is 52.9 Å². The molecule has 43 heavy (non-hydrogen) atoms. The smallest absolute Gasteiger partial charge is 0.300 e. The molecular formula is C33H36F2N6O2. The van der Waals surface area contributed by atoms with E-state index in [0.717, 1.165) is 37.9 Å². The summed E-state index contributed by atoms with van der Waals surface area (Å²) in [7, 11) is 1.73. The van der Waals surface area contributed by atoms with Crippen LogP contribution >= 0.6 is 0 Å². The molecule has 1 amide bonds. The molecule has 2 saturated heterocycles.